The molecule has 0 spiro atoms. The van der Waals surface area contributed by atoms with Crippen LogP contribution in [0.3, 0.4) is 0 Å². The Morgan fingerprint density at radius 3 is 2.00 bits per heavy atom. The van der Waals surface area contributed by atoms with Crippen LogP contribution in [0.2, 0.25) is 0 Å². The van der Waals surface area contributed by atoms with Crippen LogP contribution in [0.15, 0.2) is 122 Å². The van der Waals surface area contributed by atoms with Crippen LogP contribution >= 0.6 is 0 Å². The molecule has 0 saturated heterocycles. The maximum Gasteiger partial charge on any atom is 0.0273 e. The highest BCUT2D eigenvalue weighted by atomic mass is 14.6. The first-order valence-electron chi connectivity index (χ1n) is 12.0. The molecule has 7 aromatic rings. The van der Waals surface area contributed by atoms with E-state index in [0.29, 0.717) is 0 Å². The van der Waals surface area contributed by atoms with Crippen molar-refractivity contribution in [1.29, 1.82) is 0 Å². The van der Waals surface area contributed by atoms with Crippen molar-refractivity contribution in [2.45, 2.75) is 6.92 Å². The lowest BCUT2D eigenvalue weighted by molar-refractivity contribution is 1.33. The lowest BCUT2D eigenvalue weighted by Gasteiger charge is -2.13. The first kappa shape index (κ1) is 19.9. The zero-order valence-corrected chi connectivity index (χ0v) is 19.5. The predicted molar refractivity (Wildman–Crippen MR) is 150 cm³/mol. The Morgan fingerprint density at radius 2 is 1.14 bits per heavy atom. The van der Waals surface area contributed by atoms with Gasteiger partial charge in [0.25, 0.3) is 0 Å². The molecule has 0 aliphatic carbocycles. The molecule has 0 saturated carbocycles. The number of hydrogen-bond acceptors (Lipinski definition) is 1. The fourth-order valence-corrected chi connectivity index (χ4v) is 5.52. The van der Waals surface area contributed by atoms with E-state index in [9.17, 15) is 0 Å². The molecule has 0 atom stereocenters. The molecular formula is C34H23N. The monoisotopic (exact) mass is 445 g/mol. The van der Waals surface area contributed by atoms with E-state index in [-0.39, 0.29) is 0 Å². The molecule has 7 rings (SSSR count). The second-order valence-electron chi connectivity index (χ2n) is 9.30. The number of aromatic nitrogens is 1. The van der Waals surface area contributed by atoms with Gasteiger partial charge in [-0.25, -0.2) is 0 Å². The van der Waals surface area contributed by atoms with E-state index in [1.165, 1.54) is 70.9 Å². The van der Waals surface area contributed by atoms with E-state index >= 15 is 0 Å². The normalized spacial score (nSPS) is 11.6. The first-order valence-corrected chi connectivity index (χ1v) is 12.0. The molecule has 0 unspecified atom stereocenters. The molecule has 0 aliphatic rings. The van der Waals surface area contributed by atoms with Gasteiger partial charge in [0.2, 0.25) is 0 Å². The SMILES string of the molecule is Cc1c2ccccc2cc2c1ccc1c(-c3ccc4cc(-c5ccncc5)ccc4c3)cccc12. The fourth-order valence-electron chi connectivity index (χ4n) is 5.52. The molecule has 35 heavy (non-hydrogen) atoms. The van der Waals surface area contributed by atoms with Crippen molar-refractivity contribution >= 4 is 43.1 Å². The Morgan fingerprint density at radius 1 is 0.429 bits per heavy atom. The van der Waals surface area contributed by atoms with Gasteiger partial charge >= 0.3 is 0 Å². The second kappa shape index (κ2) is 7.78. The summed E-state index contributed by atoms with van der Waals surface area (Å²) < 4.78 is 0. The third-order valence-corrected chi connectivity index (χ3v) is 7.34. The topological polar surface area (TPSA) is 12.9 Å². The molecule has 1 heterocycles. The maximum absolute atomic E-state index is 4.14. The smallest absolute Gasteiger partial charge is 0.0273 e. The second-order valence-corrected chi connectivity index (χ2v) is 9.30. The van der Waals surface area contributed by atoms with E-state index in [4.69, 9.17) is 0 Å². The van der Waals surface area contributed by atoms with Gasteiger partial charge in [0.15, 0.2) is 0 Å². The lowest BCUT2D eigenvalue weighted by Crippen LogP contribution is -1.87. The lowest BCUT2D eigenvalue weighted by atomic mass is 9.90. The highest BCUT2D eigenvalue weighted by molar-refractivity contribution is 6.17. The summed E-state index contributed by atoms with van der Waals surface area (Å²) in [6, 6.07) is 39.9. The third kappa shape index (κ3) is 3.20. The summed E-state index contributed by atoms with van der Waals surface area (Å²) >= 11 is 0. The van der Waals surface area contributed by atoms with Crippen molar-refractivity contribution < 1.29 is 0 Å². The van der Waals surface area contributed by atoms with E-state index in [1.807, 2.05) is 12.4 Å². The van der Waals surface area contributed by atoms with Gasteiger partial charge in [-0.15, -0.1) is 0 Å². The largest absolute Gasteiger partial charge is 0.265 e. The molecule has 0 amide bonds. The van der Waals surface area contributed by atoms with Crippen LogP contribution in [-0.4, -0.2) is 4.98 Å². The van der Waals surface area contributed by atoms with Gasteiger partial charge in [-0.05, 0) is 108 Å². The number of benzene rings is 6. The van der Waals surface area contributed by atoms with E-state index in [0.717, 1.165) is 0 Å². The van der Waals surface area contributed by atoms with Gasteiger partial charge in [-0.2, -0.15) is 0 Å². The number of fused-ring (bicyclic) bond motifs is 5. The average molecular weight is 446 g/mol. The zero-order valence-electron chi connectivity index (χ0n) is 19.5. The molecule has 164 valence electrons. The summed E-state index contributed by atoms with van der Waals surface area (Å²) in [6.45, 7) is 2.24. The average Bonchev–Trinajstić information content (AvgIpc) is 2.93. The minimum Gasteiger partial charge on any atom is -0.265 e. The van der Waals surface area contributed by atoms with E-state index in [2.05, 4.69) is 121 Å². The van der Waals surface area contributed by atoms with Crippen molar-refractivity contribution in [2.24, 2.45) is 0 Å². The number of aryl methyl sites for hydroxylation is 1. The van der Waals surface area contributed by atoms with Crippen LogP contribution in [0.1, 0.15) is 5.56 Å². The Kier molecular flexibility index (Phi) is 4.43. The van der Waals surface area contributed by atoms with Crippen molar-refractivity contribution in [3.05, 3.63) is 127 Å². The first-order chi connectivity index (χ1) is 17.3. The molecule has 6 aromatic carbocycles. The standard InChI is InChI=1S/C34H23N/c1-22-29-6-3-2-5-27(29)21-34-30(22)13-14-33-31(7-4-8-32(33)34)28-12-11-25-19-24(9-10-26(25)20-28)23-15-17-35-18-16-23/h2-21H,1H3. The molecule has 0 radical (unpaired) electrons. The zero-order chi connectivity index (χ0) is 23.4. The quantitative estimate of drug-likeness (QED) is 0.191. The summed E-state index contributed by atoms with van der Waals surface area (Å²) in [5.41, 5.74) is 6.27. The van der Waals surface area contributed by atoms with Crippen molar-refractivity contribution in [3.63, 3.8) is 0 Å². The van der Waals surface area contributed by atoms with Crippen molar-refractivity contribution in [1.82, 2.24) is 4.98 Å². The predicted octanol–water partition coefficient (Wildman–Crippen LogP) is 9.34. The van der Waals surface area contributed by atoms with Crippen LogP contribution in [-0.2, 0) is 0 Å². The molecule has 1 nitrogen and oxygen atoms in total. The highest BCUT2D eigenvalue weighted by Gasteiger charge is 2.11. The Balaban J connectivity index is 1.41. The fraction of sp³-hybridized carbons (Fsp3) is 0.0294. The van der Waals surface area contributed by atoms with Gasteiger partial charge in [0.05, 0.1) is 0 Å². The van der Waals surface area contributed by atoms with Gasteiger partial charge < -0.3 is 0 Å². The van der Waals surface area contributed by atoms with Crippen LogP contribution < -0.4 is 0 Å². The summed E-state index contributed by atoms with van der Waals surface area (Å²) in [6.07, 6.45) is 3.69. The molecule has 0 N–H and O–H groups in total. The van der Waals surface area contributed by atoms with Gasteiger partial charge in [-0.1, -0.05) is 78.9 Å². The van der Waals surface area contributed by atoms with E-state index in [1.54, 1.807) is 0 Å². The minimum absolute atomic E-state index is 1.19. The Hall–Kier alpha value is -4.49. The van der Waals surface area contributed by atoms with Gasteiger partial charge in [0.1, 0.15) is 0 Å². The highest BCUT2D eigenvalue weighted by Crippen LogP contribution is 2.37. The summed E-state index contributed by atoms with van der Waals surface area (Å²) in [5.74, 6) is 0. The molecule has 0 fully saturated rings. The Labute approximate surface area is 204 Å². The molecule has 1 heteroatoms. The van der Waals surface area contributed by atoms with Crippen molar-refractivity contribution in [3.8, 4) is 22.3 Å². The summed E-state index contributed by atoms with van der Waals surface area (Å²) in [7, 11) is 0. The Bertz CT molecular complexity index is 1900. The third-order valence-electron chi connectivity index (χ3n) is 7.34. The number of rotatable bonds is 2. The summed E-state index contributed by atoms with van der Waals surface area (Å²) in [4.78, 5) is 4.14. The van der Waals surface area contributed by atoms with Gasteiger partial charge in [-0.3, -0.25) is 4.98 Å². The number of pyridine rings is 1. The number of nitrogens with zero attached hydrogens (tertiary/aromatic N) is 1. The van der Waals surface area contributed by atoms with E-state index < -0.39 is 0 Å². The van der Waals surface area contributed by atoms with Crippen LogP contribution in [0.25, 0.3) is 65.3 Å². The van der Waals surface area contributed by atoms with Gasteiger partial charge in [0, 0.05) is 12.4 Å². The van der Waals surface area contributed by atoms with Crippen LogP contribution in [0.4, 0.5) is 0 Å². The minimum atomic E-state index is 1.19. The van der Waals surface area contributed by atoms with Crippen LogP contribution in [0, 0.1) is 6.92 Å². The number of hydrogen-bond donors (Lipinski definition) is 0. The molecule has 0 aliphatic heterocycles. The molecular weight excluding hydrogens is 422 g/mol. The molecule has 1 aromatic heterocycles. The van der Waals surface area contributed by atoms with Crippen LogP contribution in [0.5, 0.6) is 0 Å². The summed E-state index contributed by atoms with van der Waals surface area (Å²) in [5, 5.41) is 10.4. The maximum atomic E-state index is 4.14. The van der Waals surface area contributed by atoms with Crippen molar-refractivity contribution in [2.75, 3.05) is 0 Å². The molecule has 0 bridgehead atoms.